The summed E-state index contributed by atoms with van der Waals surface area (Å²) in [7, 11) is -3.39. The van der Waals surface area contributed by atoms with Crippen LogP contribution in [0.2, 0.25) is 0 Å². The monoisotopic (exact) mass is 217 g/mol. The maximum absolute atomic E-state index is 11.6. The molecule has 4 nitrogen and oxygen atoms in total. The van der Waals surface area contributed by atoms with Crippen molar-refractivity contribution in [1.82, 2.24) is 0 Å². The van der Waals surface area contributed by atoms with E-state index < -0.39 is 26.8 Å². The number of Topliss-reactive ketones (excluding diaryl/α,β-unsaturated/α-hetero) is 1. The predicted octanol–water partition coefficient (Wildman–Crippen LogP) is 0.784. The second-order valence-electron chi connectivity index (χ2n) is 3.72. The van der Waals surface area contributed by atoms with Crippen LogP contribution in [0.25, 0.3) is 0 Å². The SMILES string of the molecule is CC(C)C(C#N)C(=O)C(C)S(C)(=O)=O. The molecule has 0 saturated heterocycles. The molecule has 0 N–H and O–H groups in total. The van der Waals surface area contributed by atoms with E-state index in [0.717, 1.165) is 6.26 Å². The van der Waals surface area contributed by atoms with Crippen LogP contribution in [-0.4, -0.2) is 25.7 Å². The first kappa shape index (κ1) is 13.1. The Morgan fingerprint density at radius 1 is 1.29 bits per heavy atom. The fourth-order valence-electron chi connectivity index (χ4n) is 1.01. The summed E-state index contributed by atoms with van der Waals surface area (Å²) in [5.74, 6) is -1.50. The normalized spacial score (nSPS) is 16.0. The Morgan fingerprint density at radius 2 is 1.71 bits per heavy atom. The Morgan fingerprint density at radius 3 is 1.93 bits per heavy atom. The van der Waals surface area contributed by atoms with Crippen LogP contribution >= 0.6 is 0 Å². The van der Waals surface area contributed by atoms with Crippen LogP contribution in [0.3, 0.4) is 0 Å². The van der Waals surface area contributed by atoms with Crippen molar-refractivity contribution in [3.8, 4) is 6.07 Å². The molecule has 0 saturated carbocycles. The summed E-state index contributed by atoms with van der Waals surface area (Å²) in [5, 5.41) is 7.63. The summed E-state index contributed by atoms with van der Waals surface area (Å²) < 4.78 is 22.2. The Labute approximate surface area is 84.8 Å². The van der Waals surface area contributed by atoms with Gasteiger partial charge in [0, 0.05) is 6.26 Å². The fourth-order valence-corrected chi connectivity index (χ4v) is 1.57. The highest BCUT2D eigenvalue weighted by Crippen LogP contribution is 2.15. The number of hydrogen-bond acceptors (Lipinski definition) is 4. The van der Waals surface area contributed by atoms with Crippen LogP contribution in [0.1, 0.15) is 20.8 Å². The van der Waals surface area contributed by atoms with Crippen LogP contribution in [0.15, 0.2) is 0 Å². The molecule has 0 aromatic carbocycles. The minimum absolute atomic E-state index is 0.156. The molecule has 5 heteroatoms. The van der Waals surface area contributed by atoms with Crippen molar-refractivity contribution >= 4 is 15.6 Å². The van der Waals surface area contributed by atoms with Gasteiger partial charge in [0.2, 0.25) is 0 Å². The van der Waals surface area contributed by atoms with Crippen molar-refractivity contribution in [3.05, 3.63) is 0 Å². The summed E-state index contributed by atoms with van der Waals surface area (Å²) in [6.07, 6.45) is 1.00. The highest BCUT2D eigenvalue weighted by Gasteiger charge is 2.31. The van der Waals surface area contributed by atoms with Crippen molar-refractivity contribution in [1.29, 1.82) is 5.26 Å². The van der Waals surface area contributed by atoms with E-state index in [1.165, 1.54) is 6.92 Å². The minimum atomic E-state index is -3.39. The van der Waals surface area contributed by atoms with Gasteiger partial charge in [0.25, 0.3) is 0 Å². The molecular weight excluding hydrogens is 202 g/mol. The van der Waals surface area contributed by atoms with Gasteiger partial charge in [0.1, 0.15) is 11.2 Å². The van der Waals surface area contributed by atoms with Crippen LogP contribution in [-0.2, 0) is 14.6 Å². The van der Waals surface area contributed by atoms with Gasteiger partial charge < -0.3 is 0 Å². The van der Waals surface area contributed by atoms with Gasteiger partial charge >= 0.3 is 0 Å². The molecule has 2 unspecified atom stereocenters. The largest absolute Gasteiger partial charge is 0.297 e. The summed E-state index contributed by atoms with van der Waals surface area (Å²) in [6, 6.07) is 1.84. The van der Waals surface area contributed by atoms with E-state index in [-0.39, 0.29) is 5.92 Å². The molecule has 0 heterocycles. The number of nitriles is 1. The van der Waals surface area contributed by atoms with Crippen molar-refractivity contribution in [3.63, 3.8) is 0 Å². The van der Waals surface area contributed by atoms with E-state index in [4.69, 9.17) is 5.26 Å². The molecule has 0 aliphatic carbocycles. The predicted molar refractivity (Wildman–Crippen MR) is 53.3 cm³/mol. The zero-order valence-electron chi connectivity index (χ0n) is 8.81. The van der Waals surface area contributed by atoms with E-state index in [2.05, 4.69) is 0 Å². The lowest BCUT2D eigenvalue weighted by Gasteiger charge is -2.15. The van der Waals surface area contributed by atoms with Crippen LogP contribution in [0.4, 0.5) is 0 Å². The molecule has 0 rings (SSSR count). The first-order valence-electron chi connectivity index (χ1n) is 4.34. The van der Waals surface area contributed by atoms with Crippen LogP contribution in [0, 0.1) is 23.2 Å². The molecule has 0 aromatic heterocycles. The molecule has 80 valence electrons. The number of carbonyl (C=O) groups is 1. The lowest BCUT2D eigenvalue weighted by Crippen LogP contribution is -2.33. The topological polar surface area (TPSA) is 75.0 Å². The number of nitrogens with zero attached hydrogens (tertiary/aromatic N) is 1. The van der Waals surface area contributed by atoms with Crippen molar-refractivity contribution in [2.45, 2.75) is 26.0 Å². The van der Waals surface area contributed by atoms with E-state index in [1.54, 1.807) is 13.8 Å². The first-order chi connectivity index (χ1) is 6.21. The summed E-state index contributed by atoms with van der Waals surface area (Å²) in [5.41, 5.74) is 0. The van der Waals surface area contributed by atoms with Gasteiger partial charge in [-0.25, -0.2) is 8.42 Å². The quantitative estimate of drug-likeness (QED) is 0.697. The number of sulfone groups is 1. The first-order valence-corrected chi connectivity index (χ1v) is 6.29. The number of carbonyl (C=O) groups excluding carboxylic acids is 1. The van der Waals surface area contributed by atoms with Gasteiger partial charge in [0.15, 0.2) is 15.6 Å². The molecule has 0 amide bonds. The third-order valence-electron chi connectivity index (χ3n) is 2.16. The third kappa shape index (κ3) is 3.11. The number of hydrogen-bond donors (Lipinski definition) is 0. The van der Waals surface area contributed by atoms with Crippen molar-refractivity contribution in [2.24, 2.45) is 11.8 Å². The molecule has 0 bridgehead atoms. The fraction of sp³-hybridized carbons (Fsp3) is 0.778. The molecule has 0 aliphatic heterocycles. The number of rotatable bonds is 4. The Balaban J connectivity index is 4.89. The van der Waals surface area contributed by atoms with Crippen LogP contribution in [0.5, 0.6) is 0 Å². The maximum atomic E-state index is 11.6. The van der Waals surface area contributed by atoms with Gasteiger partial charge in [-0.3, -0.25) is 4.79 Å². The van der Waals surface area contributed by atoms with Gasteiger partial charge in [-0.2, -0.15) is 5.26 Å². The average Bonchev–Trinajstić information content (AvgIpc) is 2.01. The number of ketones is 1. The molecule has 0 aliphatic rings. The maximum Gasteiger partial charge on any atom is 0.168 e. The minimum Gasteiger partial charge on any atom is -0.297 e. The highest BCUT2D eigenvalue weighted by molar-refractivity contribution is 7.92. The van der Waals surface area contributed by atoms with Crippen molar-refractivity contribution < 1.29 is 13.2 Å². The second kappa shape index (κ2) is 4.56. The van der Waals surface area contributed by atoms with Gasteiger partial charge in [0.05, 0.1) is 6.07 Å². The van der Waals surface area contributed by atoms with E-state index >= 15 is 0 Å². The van der Waals surface area contributed by atoms with Gasteiger partial charge in [-0.05, 0) is 12.8 Å². The smallest absolute Gasteiger partial charge is 0.168 e. The summed E-state index contributed by atoms with van der Waals surface area (Å²) >= 11 is 0. The Hall–Kier alpha value is -0.890. The molecule has 14 heavy (non-hydrogen) atoms. The van der Waals surface area contributed by atoms with Crippen molar-refractivity contribution in [2.75, 3.05) is 6.26 Å². The van der Waals surface area contributed by atoms with Gasteiger partial charge in [-0.1, -0.05) is 13.8 Å². The van der Waals surface area contributed by atoms with Gasteiger partial charge in [-0.15, -0.1) is 0 Å². The van der Waals surface area contributed by atoms with E-state index in [1.807, 2.05) is 6.07 Å². The lowest BCUT2D eigenvalue weighted by atomic mass is 9.92. The molecule has 2 atom stereocenters. The summed E-state index contributed by atoms with van der Waals surface area (Å²) in [4.78, 5) is 11.6. The Kier molecular flexibility index (Phi) is 4.27. The molecule has 0 aromatic rings. The lowest BCUT2D eigenvalue weighted by molar-refractivity contribution is -0.121. The molecule has 0 radical (unpaired) electrons. The molecule has 0 fully saturated rings. The molecule has 0 spiro atoms. The standard InChI is InChI=1S/C9H15NO3S/c1-6(2)8(5-10)9(11)7(3)14(4,12)13/h6-8H,1-4H3. The Bertz CT molecular complexity index is 351. The second-order valence-corrected chi connectivity index (χ2v) is 6.09. The average molecular weight is 217 g/mol. The zero-order chi connectivity index (χ0) is 11.5. The third-order valence-corrected chi connectivity index (χ3v) is 3.67. The highest BCUT2D eigenvalue weighted by atomic mass is 32.2. The van der Waals surface area contributed by atoms with Crippen LogP contribution < -0.4 is 0 Å². The summed E-state index contributed by atoms with van der Waals surface area (Å²) in [6.45, 7) is 4.77. The zero-order valence-corrected chi connectivity index (χ0v) is 9.63. The molecular formula is C9H15NO3S. The van der Waals surface area contributed by atoms with E-state index in [0.29, 0.717) is 0 Å². The van der Waals surface area contributed by atoms with E-state index in [9.17, 15) is 13.2 Å².